The van der Waals surface area contributed by atoms with Crippen LogP contribution in [0.4, 0.5) is 29.3 Å². The Balaban J connectivity index is 1.59. The maximum atomic E-state index is 14.1. The molecular formula is C25H34F3N3O4. The van der Waals surface area contributed by atoms with Crippen LogP contribution in [0.1, 0.15) is 63.9 Å². The molecule has 4 rings (SSSR count). The van der Waals surface area contributed by atoms with Crippen molar-refractivity contribution in [2.75, 3.05) is 36.0 Å². The van der Waals surface area contributed by atoms with Crippen molar-refractivity contribution in [1.82, 2.24) is 4.90 Å². The second kappa shape index (κ2) is 9.87. The Hall–Kier alpha value is -2.49. The van der Waals surface area contributed by atoms with Crippen LogP contribution in [0.15, 0.2) is 18.2 Å². The van der Waals surface area contributed by atoms with Gasteiger partial charge in [0.25, 0.3) is 0 Å². The second-order valence-electron chi connectivity index (χ2n) is 10.1. The normalized spacial score (nSPS) is 27.5. The first-order valence-corrected chi connectivity index (χ1v) is 12.5. The third-order valence-corrected chi connectivity index (χ3v) is 7.85. The first kappa shape index (κ1) is 25.6. The van der Waals surface area contributed by atoms with Gasteiger partial charge in [0.2, 0.25) is 5.91 Å². The molecule has 1 saturated carbocycles. The van der Waals surface area contributed by atoms with Crippen molar-refractivity contribution in [2.45, 2.75) is 76.6 Å². The maximum Gasteiger partial charge on any atom is 0.418 e. The number of nitrogens with zero attached hydrogens (tertiary/aromatic N) is 3. The molecule has 1 aromatic carbocycles. The van der Waals surface area contributed by atoms with Crippen molar-refractivity contribution in [2.24, 2.45) is 5.41 Å². The Morgan fingerprint density at radius 2 is 1.89 bits per heavy atom. The van der Waals surface area contributed by atoms with E-state index < -0.39 is 23.2 Å². The summed E-state index contributed by atoms with van der Waals surface area (Å²) in [6, 6.07) is 3.77. The number of alkyl halides is 3. The fraction of sp³-hybridized carbons (Fsp3) is 0.680. The molecule has 2 saturated heterocycles. The highest BCUT2D eigenvalue weighted by Crippen LogP contribution is 2.46. The molecule has 2 amide bonds. The van der Waals surface area contributed by atoms with E-state index in [-0.39, 0.29) is 42.5 Å². The van der Waals surface area contributed by atoms with Crippen LogP contribution in [0.2, 0.25) is 0 Å². The lowest BCUT2D eigenvalue weighted by molar-refractivity contribution is -0.139. The van der Waals surface area contributed by atoms with Crippen molar-refractivity contribution in [3.05, 3.63) is 23.8 Å². The molecule has 2 aliphatic heterocycles. The second-order valence-corrected chi connectivity index (χ2v) is 10.1. The summed E-state index contributed by atoms with van der Waals surface area (Å²) < 4.78 is 42.4. The van der Waals surface area contributed by atoms with E-state index in [9.17, 15) is 33.0 Å². The molecule has 35 heavy (non-hydrogen) atoms. The topological polar surface area (TPSA) is 84.3 Å². The number of hydrogen-bond donors (Lipinski definition) is 2. The summed E-state index contributed by atoms with van der Waals surface area (Å²) in [6.45, 7) is 3.09. The molecular weight excluding hydrogens is 463 g/mol. The van der Waals surface area contributed by atoms with E-state index in [0.29, 0.717) is 51.6 Å². The number of anilines is 2. The van der Waals surface area contributed by atoms with Gasteiger partial charge in [-0.05, 0) is 69.6 Å². The van der Waals surface area contributed by atoms with E-state index in [2.05, 4.69) is 0 Å². The molecule has 2 N–H and O–H groups in total. The molecule has 0 aromatic heterocycles. The van der Waals surface area contributed by atoms with E-state index in [1.807, 2.05) is 4.90 Å². The predicted molar refractivity (Wildman–Crippen MR) is 126 cm³/mol. The average Bonchev–Trinajstić information content (AvgIpc) is 3.12. The molecule has 10 heteroatoms. The van der Waals surface area contributed by atoms with Crippen molar-refractivity contribution >= 4 is 23.4 Å². The van der Waals surface area contributed by atoms with Gasteiger partial charge in [-0.2, -0.15) is 13.2 Å². The maximum absolute atomic E-state index is 14.1. The number of carbonyl (C=O) groups excluding carboxylic acids is 1. The number of likely N-dealkylation sites (tertiary alicyclic amines) is 1. The SMILES string of the molecule is CCCN(C(=O)O)c1ccc(N2CCCC3(CCN(C4CCC(O)CC4)C3=O)C2)c(C(F)(F)F)c1. The van der Waals surface area contributed by atoms with Crippen LogP contribution in [0.25, 0.3) is 0 Å². The van der Waals surface area contributed by atoms with Crippen LogP contribution in [-0.2, 0) is 11.0 Å². The van der Waals surface area contributed by atoms with Gasteiger partial charge >= 0.3 is 12.3 Å². The molecule has 1 atom stereocenters. The first-order chi connectivity index (χ1) is 16.6. The molecule has 3 aliphatic rings. The molecule has 2 heterocycles. The third-order valence-electron chi connectivity index (χ3n) is 7.85. The monoisotopic (exact) mass is 497 g/mol. The Labute approximate surface area is 203 Å². The lowest BCUT2D eigenvalue weighted by Gasteiger charge is -2.42. The smallest absolute Gasteiger partial charge is 0.418 e. The molecule has 1 unspecified atom stereocenters. The third kappa shape index (κ3) is 5.08. The summed E-state index contributed by atoms with van der Waals surface area (Å²) >= 11 is 0. The van der Waals surface area contributed by atoms with Gasteiger partial charge in [-0.1, -0.05) is 6.92 Å². The number of piperidine rings is 1. The minimum atomic E-state index is -4.67. The number of aliphatic hydroxyl groups is 1. The summed E-state index contributed by atoms with van der Waals surface area (Å²) in [7, 11) is 0. The van der Waals surface area contributed by atoms with Crippen molar-refractivity contribution < 1.29 is 33.0 Å². The molecule has 1 spiro atoms. The van der Waals surface area contributed by atoms with Gasteiger partial charge in [-0.3, -0.25) is 9.69 Å². The molecule has 3 fully saturated rings. The van der Waals surface area contributed by atoms with E-state index in [4.69, 9.17) is 0 Å². The standard InChI is InChI=1S/C25H34F3N3O4/c1-2-12-31(23(34)35)18-6-9-21(20(15-18)25(26,27)28)29-13-3-10-24(16-29)11-14-30(22(24)33)17-4-7-19(32)8-5-17/h6,9,15,17,19,32H,2-5,7-8,10-14,16H2,1H3,(H,34,35). The van der Waals surface area contributed by atoms with Crippen molar-refractivity contribution in [1.29, 1.82) is 0 Å². The van der Waals surface area contributed by atoms with Crippen LogP contribution in [0.5, 0.6) is 0 Å². The molecule has 0 radical (unpaired) electrons. The quantitative estimate of drug-likeness (QED) is 0.615. The van der Waals surface area contributed by atoms with Crippen LogP contribution in [-0.4, -0.2) is 65.4 Å². The number of rotatable bonds is 5. The summed E-state index contributed by atoms with van der Waals surface area (Å²) in [6.07, 6.45) is -1.09. The zero-order valence-electron chi connectivity index (χ0n) is 20.1. The fourth-order valence-corrected chi connectivity index (χ4v) is 6.04. The van der Waals surface area contributed by atoms with Crippen molar-refractivity contribution in [3.8, 4) is 0 Å². The van der Waals surface area contributed by atoms with Crippen LogP contribution in [0.3, 0.4) is 0 Å². The summed E-state index contributed by atoms with van der Waals surface area (Å²) in [5.41, 5.74) is -1.59. The summed E-state index contributed by atoms with van der Waals surface area (Å²) in [5.74, 6) is 0.0220. The van der Waals surface area contributed by atoms with Crippen molar-refractivity contribution in [3.63, 3.8) is 0 Å². The zero-order chi connectivity index (χ0) is 25.4. The van der Waals surface area contributed by atoms with E-state index in [1.54, 1.807) is 11.8 Å². The van der Waals surface area contributed by atoms with Gasteiger partial charge in [0.1, 0.15) is 0 Å². The number of hydrogen-bond acceptors (Lipinski definition) is 4. The van der Waals surface area contributed by atoms with Gasteiger partial charge in [-0.25, -0.2) is 4.79 Å². The fourth-order valence-electron chi connectivity index (χ4n) is 6.04. The van der Waals surface area contributed by atoms with Crippen LogP contribution >= 0.6 is 0 Å². The van der Waals surface area contributed by atoms with Gasteiger partial charge in [0.15, 0.2) is 0 Å². The Morgan fingerprint density at radius 1 is 1.17 bits per heavy atom. The minimum Gasteiger partial charge on any atom is -0.465 e. The molecule has 1 aromatic rings. The number of halogens is 3. The van der Waals surface area contributed by atoms with E-state index in [0.717, 1.165) is 23.8 Å². The summed E-state index contributed by atoms with van der Waals surface area (Å²) in [5, 5.41) is 19.3. The Bertz CT molecular complexity index is 948. The number of amides is 2. The lowest BCUT2D eigenvalue weighted by atomic mass is 9.78. The number of aliphatic hydroxyl groups excluding tert-OH is 1. The Morgan fingerprint density at radius 3 is 2.51 bits per heavy atom. The minimum absolute atomic E-state index is 0.00537. The molecule has 7 nitrogen and oxygen atoms in total. The molecule has 0 bridgehead atoms. The van der Waals surface area contributed by atoms with Gasteiger partial charge in [0, 0.05) is 43.6 Å². The largest absolute Gasteiger partial charge is 0.465 e. The number of carboxylic acid groups (broad SMARTS) is 1. The number of benzene rings is 1. The van der Waals surface area contributed by atoms with Crippen LogP contribution < -0.4 is 9.80 Å². The highest BCUT2D eigenvalue weighted by molar-refractivity contribution is 5.88. The molecule has 194 valence electrons. The first-order valence-electron chi connectivity index (χ1n) is 12.5. The summed E-state index contributed by atoms with van der Waals surface area (Å²) in [4.78, 5) is 29.6. The van der Waals surface area contributed by atoms with Gasteiger partial charge in [-0.15, -0.1) is 0 Å². The van der Waals surface area contributed by atoms with E-state index >= 15 is 0 Å². The van der Waals surface area contributed by atoms with E-state index in [1.165, 1.54) is 12.1 Å². The Kier molecular flexibility index (Phi) is 7.22. The lowest BCUT2D eigenvalue weighted by Crippen LogP contribution is -2.50. The molecule has 1 aliphatic carbocycles. The van der Waals surface area contributed by atoms with Gasteiger partial charge in [0.05, 0.1) is 17.1 Å². The van der Waals surface area contributed by atoms with Crippen LogP contribution in [0, 0.1) is 5.41 Å². The van der Waals surface area contributed by atoms with Gasteiger partial charge < -0.3 is 20.0 Å². The highest BCUT2D eigenvalue weighted by atomic mass is 19.4. The average molecular weight is 498 g/mol. The predicted octanol–water partition coefficient (Wildman–Crippen LogP) is 4.72. The highest BCUT2D eigenvalue weighted by Gasteiger charge is 2.51. The zero-order valence-corrected chi connectivity index (χ0v) is 20.1. The number of carbonyl (C=O) groups is 2.